The number of amides is 3. The molecule has 26 heavy (non-hydrogen) atoms. The zero-order valence-electron chi connectivity index (χ0n) is 14.9. The minimum atomic E-state index is -0.351. The van der Waals surface area contributed by atoms with Crippen LogP contribution in [-0.2, 0) is 0 Å². The Hall–Kier alpha value is -2.95. The van der Waals surface area contributed by atoms with Crippen LogP contribution in [0.15, 0.2) is 42.5 Å². The van der Waals surface area contributed by atoms with Crippen molar-refractivity contribution in [1.29, 1.82) is 0 Å². The molecule has 1 atom stereocenters. The third kappa shape index (κ3) is 2.51. The lowest BCUT2D eigenvalue weighted by Gasteiger charge is -2.25. The lowest BCUT2D eigenvalue weighted by Crippen LogP contribution is -2.30. The predicted molar refractivity (Wildman–Crippen MR) is 97.1 cm³/mol. The number of benzene rings is 2. The Balaban J connectivity index is 1.65. The van der Waals surface area contributed by atoms with Crippen LogP contribution in [0.4, 0.5) is 0 Å². The number of hydrogen-bond acceptors (Lipinski definition) is 3. The van der Waals surface area contributed by atoms with Gasteiger partial charge in [-0.3, -0.25) is 19.3 Å². The quantitative estimate of drug-likeness (QED) is 0.783. The third-order valence-electron chi connectivity index (χ3n) is 5.31. The number of nitrogens with zero attached hydrogens (tertiary/aromatic N) is 2. The van der Waals surface area contributed by atoms with E-state index in [0.717, 1.165) is 23.3 Å². The van der Waals surface area contributed by atoms with E-state index in [1.807, 2.05) is 11.8 Å². The van der Waals surface area contributed by atoms with Crippen molar-refractivity contribution in [3.8, 4) is 0 Å². The molecule has 2 aromatic carbocycles. The maximum Gasteiger partial charge on any atom is 0.261 e. The topological polar surface area (TPSA) is 57.7 Å². The molecule has 5 nitrogen and oxygen atoms in total. The highest BCUT2D eigenvalue weighted by Gasteiger charge is 2.35. The molecule has 0 saturated carbocycles. The Bertz CT molecular complexity index is 917. The summed E-state index contributed by atoms with van der Waals surface area (Å²) in [5.74, 6) is -0.760. The van der Waals surface area contributed by atoms with Crippen molar-refractivity contribution in [3.63, 3.8) is 0 Å². The van der Waals surface area contributed by atoms with Gasteiger partial charge in [0.25, 0.3) is 17.7 Å². The maximum atomic E-state index is 13.1. The molecule has 1 saturated heterocycles. The average molecular weight is 348 g/mol. The zero-order valence-corrected chi connectivity index (χ0v) is 14.9. The Morgan fingerprint density at radius 3 is 2.42 bits per heavy atom. The van der Waals surface area contributed by atoms with Crippen molar-refractivity contribution in [2.24, 2.45) is 0 Å². The zero-order chi connectivity index (χ0) is 18.4. The number of rotatable bonds is 2. The lowest BCUT2D eigenvalue weighted by atomic mass is 10.0. The number of aryl methyl sites for hydroxylation is 1. The number of carbonyl (C=O) groups is 3. The second kappa shape index (κ2) is 6.09. The molecule has 2 aromatic rings. The van der Waals surface area contributed by atoms with Crippen LogP contribution in [0, 0.1) is 6.92 Å². The highest BCUT2D eigenvalue weighted by molar-refractivity contribution is 6.21. The Kier molecular flexibility index (Phi) is 3.87. The van der Waals surface area contributed by atoms with Crippen LogP contribution in [0.5, 0.6) is 0 Å². The van der Waals surface area contributed by atoms with Gasteiger partial charge in [0.05, 0.1) is 17.2 Å². The van der Waals surface area contributed by atoms with Crippen LogP contribution in [-0.4, -0.2) is 41.1 Å². The van der Waals surface area contributed by atoms with Crippen LogP contribution >= 0.6 is 0 Å². The van der Waals surface area contributed by atoms with Gasteiger partial charge in [0.15, 0.2) is 0 Å². The Morgan fingerprint density at radius 2 is 1.69 bits per heavy atom. The summed E-state index contributed by atoms with van der Waals surface area (Å²) in [6.45, 7) is 2.74. The Labute approximate surface area is 152 Å². The van der Waals surface area contributed by atoms with E-state index >= 15 is 0 Å². The van der Waals surface area contributed by atoms with Crippen LogP contribution < -0.4 is 0 Å². The molecule has 2 aliphatic rings. The molecular weight excluding hydrogens is 328 g/mol. The summed E-state index contributed by atoms with van der Waals surface area (Å²) < 4.78 is 0. The molecule has 0 bridgehead atoms. The van der Waals surface area contributed by atoms with Gasteiger partial charge in [-0.05, 0) is 43.5 Å². The minimum absolute atomic E-state index is 0.0522. The highest BCUT2D eigenvalue weighted by atomic mass is 16.2. The van der Waals surface area contributed by atoms with Crippen molar-refractivity contribution in [2.75, 3.05) is 13.6 Å². The van der Waals surface area contributed by atoms with Crippen molar-refractivity contribution < 1.29 is 14.4 Å². The first kappa shape index (κ1) is 16.5. The number of hydrogen-bond donors (Lipinski definition) is 0. The summed E-state index contributed by atoms with van der Waals surface area (Å²) in [6, 6.07) is 13.1. The molecule has 0 N–H and O–H groups in total. The molecule has 2 heterocycles. The Morgan fingerprint density at radius 1 is 1.00 bits per heavy atom. The normalized spacial score (nSPS) is 19.2. The van der Waals surface area contributed by atoms with Gasteiger partial charge in [-0.25, -0.2) is 0 Å². The molecule has 0 spiro atoms. The van der Waals surface area contributed by atoms with Crippen LogP contribution in [0.25, 0.3) is 0 Å². The molecule has 5 heteroatoms. The lowest BCUT2D eigenvalue weighted by molar-refractivity contribution is 0.0692. The fraction of sp³-hybridized carbons (Fsp3) is 0.286. The van der Waals surface area contributed by atoms with Gasteiger partial charge >= 0.3 is 0 Å². The van der Waals surface area contributed by atoms with Gasteiger partial charge in [-0.15, -0.1) is 0 Å². The van der Waals surface area contributed by atoms with E-state index in [9.17, 15) is 14.4 Å². The van der Waals surface area contributed by atoms with Crippen LogP contribution in [0.2, 0.25) is 0 Å². The summed E-state index contributed by atoms with van der Waals surface area (Å²) in [5, 5.41) is 0. The van der Waals surface area contributed by atoms with Gasteiger partial charge in [0.1, 0.15) is 0 Å². The second-order valence-corrected chi connectivity index (χ2v) is 7.00. The molecular formula is C21H20N2O3. The number of likely N-dealkylation sites (tertiary alicyclic amines) is 1. The molecule has 2 aliphatic heterocycles. The molecule has 0 aromatic heterocycles. The first-order chi connectivity index (χ1) is 12.5. The molecule has 0 radical (unpaired) electrons. The van der Waals surface area contributed by atoms with E-state index in [2.05, 4.69) is 24.3 Å². The molecule has 4 rings (SSSR count). The highest BCUT2D eigenvalue weighted by Crippen LogP contribution is 2.34. The standard InChI is InChI=1S/C21H20N2O3/c1-13-5-7-14(8-6-13)18-4-3-11-23(18)19(24)15-9-10-16-17(12-15)21(26)22(2)20(16)25/h5-10,12,18H,3-4,11H2,1-2H3/t18-/m0/s1. The number of carbonyl (C=O) groups excluding carboxylic acids is 3. The van der Waals surface area contributed by atoms with Crippen LogP contribution in [0.3, 0.4) is 0 Å². The van der Waals surface area contributed by atoms with E-state index in [0.29, 0.717) is 23.2 Å². The summed E-state index contributed by atoms with van der Waals surface area (Å²) in [6.07, 6.45) is 1.88. The number of fused-ring (bicyclic) bond motifs is 1. The summed E-state index contributed by atoms with van der Waals surface area (Å²) in [5.41, 5.74) is 3.46. The van der Waals surface area contributed by atoms with Crippen molar-refractivity contribution in [2.45, 2.75) is 25.8 Å². The molecule has 1 fully saturated rings. The van der Waals surface area contributed by atoms with Crippen molar-refractivity contribution in [3.05, 3.63) is 70.3 Å². The smallest absolute Gasteiger partial charge is 0.261 e. The first-order valence-corrected chi connectivity index (χ1v) is 8.81. The van der Waals surface area contributed by atoms with Gasteiger partial charge in [-0.2, -0.15) is 0 Å². The molecule has 0 aliphatic carbocycles. The van der Waals surface area contributed by atoms with E-state index in [1.165, 1.54) is 12.6 Å². The van der Waals surface area contributed by atoms with E-state index < -0.39 is 0 Å². The van der Waals surface area contributed by atoms with Crippen LogP contribution in [0.1, 0.15) is 61.1 Å². The second-order valence-electron chi connectivity index (χ2n) is 7.00. The van der Waals surface area contributed by atoms with Crippen molar-refractivity contribution >= 4 is 17.7 Å². The first-order valence-electron chi connectivity index (χ1n) is 8.81. The summed E-state index contributed by atoms with van der Waals surface area (Å²) >= 11 is 0. The maximum absolute atomic E-state index is 13.1. The van der Waals surface area contributed by atoms with Gasteiger partial charge in [0.2, 0.25) is 0 Å². The van der Waals surface area contributed by atoms with E-state index in [4.69, 9.17) is 0 Å². The van der Waals surface area contributed by atoms with Gasteiger partial charge < -0.3 is 4.90 Å². The molecule has 3 amide bonds. The molecule has 0 unspecified atom stereocenters. The van der Waals surface area contributed by atoms with E-state index in [1.54, 1.807) is 18.2 Å². The fourth-order valence-corrected chi connectivity index (χ4v) is 3.81. The minimum Gasteiger partial charge on any atom is -0.332 e. The SMILES string of the molecule is Cc1ccc([C@@H]2CCCN2C(=O)c2ccc3c(c2)C(=O)N(C)C3=O)cc1. The van der Waals surface area contributed by atoms with E-state index in [-0.39, 0.29) is 23.8 Å². The largest absolute Gasteiger partial charge is 0.332 e. The van der Waals surface area contributed by atoms with Gasteiger partial charge in [0, 0.05) is 19.2 Å². The van der Waals surface area contributed by atoms with Gasteiger partial charge in [-0.1, -0.05) is 29.8 Å². The number of imide groups is 1. The third-order valence-corrected chi connectivity index (χ3v) is 5.31. The predicted octanol–water partition coefficient (Wildman–Crippen LogP) is 3.20. The summed E-state index contributed by atoms with van der Waals surface area (Å²) in [4.78, 5) is 40.3. The van der Waals surface area contributed by atoms with Crippen molar-refractivity contribution in [1.82, 2.24) is 9.80 Å². The summed E-state index contributed by atoms with van der Waals surface area (Å²) in [7, 11) is 1.46. The monoisotopic (exact) mass is 348 g/mol. The average Bonchev–Trinajstić information content (AvgIpc) is 3.22. The fourth-order valence-electron chi connectivity index (χ4n) is 3.81. The molecule has 132 valence electrons.